The third-order valence-corrected chi connectivity index (χ3v) is 4.55. The molecule has 0 radical (unpaired) electrons. The molecule has 0 atom stereocenters. The zero-order valence-corrected chi connectivity index (χ0v) is 10.6. The summed E-state index contributed by atoms with van der Waals surface area (Å²) in [5.41, 5.74) is 0. The average Bonchev–Trinajstić information content (AvgIpc) is 2.27. The van der Waals surface area contributed by atoms with Crippen molar-refractivity contribution in [2.45, 2.75) is 11.0 Å². The maximum absolute atomic E-state index is 13.0. The van der Waals surface area contributed by atoms with Crippen molar-refractivity contribution < 1.29 is 22.0 Å². The summed E-state index contributed by atoms with van der Waals surface area (Å²) in [5, 5.41) is 1.11. The fraction of sp³-hybridized carbons (Fsp3) is 0.167. The number of alkyl halides is 5. The Kier molecular flexibility index (Phi) is 3.34. The third kappa shape index (κ3) is 2.49. The Morgan fingerprint density at radius 1 is 0.778 bits per heavy atom. The van der Waals surface area contributed by atoms with Gasteiger partial charge in [0.1, 0.15) is 0 Å². The molecule has 6 heteroatoms. The van der Waals surface area contributed by atoms with E-state index in [-0.39, 0.29) is 4.46 Å². The molecular formula is C12H7F5Se. The van der Waals surface area contributed by atoms with E-state index >= 15 is 0 Å². The molecule has 96 valence electrons. The van der Waals surface area contributed by atoms with Crippen molar-refractivity contribution in [2.75, 3.05) is 0 Å². The molecule has 0 nitrogen and oxygen atoms in total. The van der Waals surface area contributed by atoms with Crippen LogP contribution in [0.25, 0.3) is 10.8 Å². The molecule has 2 rings (SSSR count). The summed E-state index contributed by atoms with van der Waals surface area (Å²) in [6.07, 6.45) is -5.50. The molecule has 0 aliphatic heterocycles. The summed E-state index contributed by atoms with van der Waals surface area (Å²) in [6, 6.07) is 11.1. The SMILES string of the molecule is FC(F)(F)C(F)(F)[Se]c1cccc2ccccc12. The second-order valence-electron chi connectivity index (χ2n) is 3.59. The van der Waals surface area contributed by atoms with Crippen LogP contribution in [0.3, 0.4) is 0 Å². The predicted molar refractivity (Wildman–Crippen MR) is 60.3 cm³/mol. The van der Waals surface area contributed by atoms with Gasteiger partial charge in [0.2, 0.25) is 0 Å². The first kappa shape index (κ1) is 13.3. The van der Waals surface area contributed by atoms with E-state index in [1.165, 1.54) is 12.1 Å². The Balaban J connectivity index is 2.44. The Bertz CT molecular complexity index is 556. The minimum absolute atomic E-state index is 0.0583. The summed E-state index contributed by atoms with van der Waals surface area (Å²) in [6.45, 7) is 0. The van der Waals surface area contributed by atoms with E-state index in [0.717, 1.165) is 0 Å². The van der Waals surface area contributed by atoms with Crippen LogP contribution in [-0.2, 0) is 0 Å². The number of rotatable bonds is 2. The van der Waals surface area contributed by atoms with Gasteiger partial charge in [0.05, 0.1) is 0 Å². The molecule has 0 aliphatic rings. The second kappa shape index (κ2) is 4.52. The van der Waals surface area contributed by atoms with E-state index in [9.17, 15) is 22.0 Å². The van der Waals surface area contributed by atoms with Crippen molar-refractivity contribution in [3.8, 4) is 0 Å². The van der Waals surface area contributed by atoms with Crippen molar-refractivity contribution in [3.05, 3.63) is 42.5 Å². The minimum atomic E-state index is -5.50. The molecule has 2 aromatic rings. The molecule has 2 aromatic carbocycles. The zero-order chi connectivity index (χ0) is 13.4. The number of hydrogen-bond acceptors (Lipinski definition) is 0. The van der Waals surface area contributed by atoms with Gasteiger partial charge in [-0.15, -0.1) is 0 Å². The molecule has 0 saturated heterocycles. The van der Waals surface area contributed by atoms with Crippen LogP contribution < -0.4 is 4.46 Å². The van der Waals surface area contributed by atoms with E-state index in [4.69, 9.17) is 0 Å². The Labute approximate surface area is 106 Å². The molecule has 0 N–H and O–H groups in total. The Hall–Kier alpha value is -1.13. The Morgan fingerprint density at radius 3 is 2.06 bits per heavy atom. The molecule has 18 heavy (non-hydrogen) atoms. The molecule has 0 saturated carbocycles. The molecule has 0 heterocycles. The standard InChI is InChI=1S/C12H7F5Se/c13-11(14,15)12(16,17)18-10-7-3-5-8-4-1-2-6-9(8)10/h1-7H. The van der Waals surface area contributed by atoms with E-state index in [0.29, 0.717) is 10.8 Å². The Morgan fingerprint density at radius 2 is 1.39 bits per heavy atom. The molecule has 0 spiro atoms. The number of benzene rings is 2. The van der Waals surface area contributed by atoms with Gasteiger partial charge in [-0.05, 0) is 0 Å². The average molecular weight is 325 g/mol. The van der Waals surface area contributed by atoms with Gasteiger partial charge in [0.15, 0.2) is 0 Å². The van der Waals surface area contributed by atoms with Crippen LogP contribution in [0.2, 0.25) is 0 Å². The van der Waals surface area contributed by atoms with Gasteiger partial charge in [0, 0.05) is 0 Å². The molecule has 0 unspecified atom stereocenters. The van der Waals surface area contributed by atoms with Gasteiger partial charge in [-0.1, -0.05) is 0 Å². The number of fused-ring (bicyclic) bond motifs is 1. The summed E-state index contributed by atoms with van der Waals surface area (Å²) in [4.78, 5) is -4.65. The van der Waals surface area contributed by atoms with E-state index < -0.39 is 26.0 Å². The van der Waals surface area contributed by atoms with Gasteiger partial charge < -0.3 is 0 Å². The van der Waals surface area contributed by atoms with E-state index in [1.54, 1.807) is 30.3 Å². The molecule has 0 aliphatic carbocycles. The first-order valence-corrected chi connectivity index (χ1v) is 6.64. The second-order valence-corrected chi connectivity index (χ2v) is 6.02. The zero-order valence-electron chi connectivity index (χ0n) is 8.84. The van der Waals surface area contributed by atoms with Crippen LogP contribution in [0.15, 0.2) is 42.5 Å². The number of hydrogen-bond donors (Lipinski definition) is 0. The van der Waals surface area contributed by atoms with Crippen LogP contribution in [0.5, 0.6) is 0 Å². The van der Waals surface area contributed by atoms with Crippen LogP contribution in [0.1, 0.15) is 0 Å². The molecule has 0 aromatic heterocycles. The van der Waals surface area contributed by atoms with Gasteiger partial charge in [-0.3, -0.25) is 0 Å². The van der Waals surface area contributed by atoms with Crippen molar-refractivity contribution in [2.24, 2.45) is 0 Å². The first-order valence-electron chi connectivity index (χ1n) is 4.92. The summed E-state index contributed by atoms with van der Waals surface area (Å²) in [5.74, 6) is 0. The van der Waals surface area contributed by atoms with Gasteiger partial charge in [0.25, 0.3) is 0 Å². The molecule has 0 amide bonds. The number of halogens is 5. The van der Waals surface area contributed by atoms with Crippen LogP contribution in [-0.4, -0.2) is 26.0 Å². The summed E-state index contributed by atoms with van der Waals surface area (Å²) in [7, 11) is 0. The molecule has 0 fully saturated rings. The quantitative estimate of drug-likeness (QED) is 0.587. The predicted octanol–water partition coefficient (Wildman–Crippen LogP) is 3.32. The summed E-state index contributed by atoms with van der Waals surface area (Å²) < 4.78 is 62.7. The molecular weight excluding hydrogens is 318 g/mol. The van der Waals surface area contributed by atoms with E-state index in [1.807, 2.05) is 0 Å². The first-order chi connectivity index (χ1) is 8.31. The van der Waals surface area contributed by atoms with Gasteiger partial charge in [-0.25, -0.2) is 0 Å². The van der Waals surface area contributed by atoms with Crippen LogP contribution in [0.4, 0.5) is 22.0 Å². The third-order valence-electron chi connectivity index (χ3n) is 2.32. The van der Waals surface area contributed by atoms with Crippen molar-refractivity contribution in [1.29, 1.82) is 0 Å². The van der Waals surface area contributed by atoms with Crippen molar-refractivity contribution >= 4 is 30.2 Å². The fourth-order valence-corrected chi connectivity index (χ4v) is 3.23. The van der Waals surface area contributed by atoms with Crippen molar-refractivity contribution in [1.82, 2.24) is 0 Å². The normalized spacial score (nSPS) is 12.9. The molecule has 0 bridgehead atoms. The summed E-state index contributed by atoms with van der Waals surface area (Å²) >= 11 is -1.98. The van der Waals surface area contributed by atoms with Gasteiger partial charge in [-0.2, -0.15) is 0 Å². The maximum atomic E-state index is 13.0. The van der Waals surface area contributed by atoms with E-state index in [2.05, 4.69) is 0 Å². The fourth-order valence-electron chi connectivity index (χ4n) is 1.48. The van der Waals surface area contributed by atoms with Crippen LogP contribution >= 0.6 is 0 Å². The topological polar surface area (TPSA) is 0 Å². The van der Waals surface area contributed by atoms with Gasteiger partial charge >= 0.3 is 106 Å². The van der Waals surface area contributed by atoms with Crippen LogP contribution in [0, 0.1) is 0 Å². The van der Waals surface area contributed by atoms with Crippen molar-refractivity contribution in [3.63, 3.8) is 0 Å². The monoisotopic (exact) mass is 326 g/mol.